The van der Waals surface area contributed by atoms with Crippen LogP contribution in [0.5, 0.6) is 5.75 Å². The summed E-state index contributed by atoms with van der Waals surface area (Å²) in [5, 5.41) is 9.65. The summed E-state index contributed by atoms with van der Waals surface area (Å²) < 4.78 is 0.877. The van der Waals surface area contributed by atoms with Crippen LogP contribution in [0.4, 0.5) is 0 Å². The molecule has 1 aromatic carbocycles. The van der Waals surface area contributed by atoms with E-state index in [1.807, 2.05) is 6.92 Å². The van der Waals surface area contributed by atoms with Crippen LogP contribution in [0.3, 0.4) is 0 Å². The molecule has 0 bridgehead atoms. The van der Waals surface area contributed by atoms with Crippen molar-refractivity contribution in [2.24, 2.45) is 0 Å². The van der Waals surface area contributed by atoms with Crippen LogP contribution in [0.25, 0.3) is 0 Å². The van der Waals surface area contributed by atoms with Crippen molar-refractivity contribution in [2.45, 2.75) is 13.5 Å². The van der Waals surface area contributed by atoms with Crippen molar-refractivity contribution in [3.63, 3.8) is 0 Å². The number of amides is 1. The zero-order valence-corrected chi connectivity index (χ0v) is 10.7. The summed E-state index contributed by atoms with van der Waals surface area (Å²) in [5.41, 5.74) is 0.714. The van der Waals surface area contributed by atoms with Crippen LogP contribution in [0.2, 0.25) is 0 Å². The first kappa shape index (κ1) is 12.8. The number of phenolic OH excluding ortho intramolecular Hbond substituents is 1. The van der Waals surface area contributed by atoms with Gasteiger partial charge >= 0.3 is 0 Å². The molecule has 4 heteroatoms. The molecule has 86 valence electrons. The molecule has 0 aliphatic carbocycles. The van der Waals surface area contributed by atoms with Crippen LogP contribution in [-0.4, -0.2) is 22.5 Å². The van der Waals surface area contributed by atoms with Gasteiger partial charge in [-0.3, -0.25) is 4.79 Å². The molecule has 0 aromatic heterocycles. The second kappa shape index (κ2) is 5.70. The highest BCUT2D eigenvalue weighted by molar-refractivity contribution is 9.10. The van der Waals surface area contributed by atoms with E-state index in [1.165, 1.54) is 6.08 Å². The number of carbonyl (C=O) groups is 1. The minimum atomic E-state index is -0.137. The van der Waals surface area contributed by atoms with Gasteiger partial charge in [0.15, 0.2) is 0 Å². The fourth-order valence-electron chi connectivity index (χ4n) is 1.36. The van der Waals surface area contributed by atoms with Crippen molar-refractivity contribution >= 4 is 21.8 Å². The smallest absolute Gasteiger partial charge is 0.246 e. The molecular formula is C12H14BrNO2. The molecule has 0 spiro atoms. The zero-order valence-electron chi connectivity index (χ0n) is 9.11. The molecule has 1 aromatic rings. The van der Waals surface area contributed by atoms with Gasteiger partial charge in [0.2, 0.25) is 5.91 Å². The summed E-state index contributed by atoms with van der Waals surface area (Å²) in [7, 11) is 0. The predicted molar refractivity (Wildman–Crippen MR) is 67.1 cm³/mol. The first-order chi connectivity index (χ1) is 7.58. The van der Waals surface area contributed by atoms with Gasteiger partial charge in [0.25, 0.3) is 0 Å². The number of aromatic hydroxyl groups is 1. The fourth-order valence-corrected chi connectivity index (χ4v) is 1.77. The Morgan fingerprint density at radius 2 is 2.31 bits per heavy atom. The number of phenols is 1. The molecule has 0 atom stereocenters. The summed E-state index contributed by atoms with van der Waals surface area (Å²) in [6.07, 6.45) is 1.28. The van der Waals surface area contributed by atoms with Gasteiger partial charge in [0.05, 0.1) is 0 Å². The third-order valence-corrected chi connectivity index (χ3v) is 2.76. The molecule has 0 fully saturated rings. The lowest BCUT2D eigenvalue weighted by atomic mass is 10.2. The Morgan fingerprint density at radius 1 is 1.62 bits per heavy atom. The lowest BCUT2D eigenvalue weighted by molar-refractivity contribution is -0.126. The van der Waals surface area contributed by atoms with Gasteiger partial charge in [-0.1, -0.05) is 22.5 Å². The molecule has 0 aliphatic rings. The highest BCUT2D eigenvalue weighted by atomic mass is 79.9. The molecule has 3 nitrogen and oxygen atoms in total. The predicted octanol–water partition coefficient (Wildman–Crippen LogP) is 2.69. The Kier molecular flexibility index (Phi) is 4.55. The zero-order chi connectivity index (χ0) is 12.1. The number of rotatable bonds is 4. The van der Waals surface area contributed by atoms with E-state index in [2.05, 4.69) is 22.5 Å². The van der Waals surface area contributed by atoms with Gasteiger partial charge in [0, 0.05) is 23.1 Å². The molecule has 0 heterocycles. The third kappa shape index (κ3) is 3.10. The molecule has 0 saturated carbocycles. The van der Waals surface area contributed by atoms with E-state index in [4.69, 9.17) is 0 Å². The maximum atomic E-state index is 11.5. The first-order valence-corrected chi connectivity index (χ1v) is 5.76. The normalized spacial score (nSPS) is 9.88. The lowest BCUT2D eigenvalue weighted by Crippen LogP contribution is -2.28. The van der Waals surface area contributed by atoms with Crippen molar-refractivity contribution in [1.82, 2.24) is 4.90 Å². The molecule has 1 amide bonds. The highest BCUT2D eigenvalue weighted by Gasteiger charge is 2.11. The molecule has 0 aliphatic heterocycles. The van der Waals surface area contributed by atoms with Gasteiger partial charge in [-0.2, -0.15) is 0 Å². The Bertz CT molecular complexity index is 404. The average molecular weight is 284 g/mol. The van der Waals surface area contributed by atoms with Gasteiger partial charge in [-0.05, 0) is 31.2 Å². The first-order valence-electron chi connectivity index (χ1n) is 4.97. The van der Waals surface area contributed by atoms with Crippen LogP contribution in [0.1, 0.15) is 12.5 Å². The molecular weight excluding hydrogens is 270 g/mol. The molecule has 0 unspecified atom stereocenters. The van der Waals surface area contributed by atoms with Crippen LogP contribution in [-0.2, 0) is 11.3 Å². The second-order valence-electron chi connectivity index (χ2n) is 3.33. The quantitative estimate of drug-likeness (QED) is 0.864. The number of hydrogen-bond donors (Lipinski definition) is 1. The molecule has 1 N–H and O–H groups in total. The number of likely N-dealkylation sites (N-methyl/N-ethyl adjacent to an activating group) is 1. The van der Waals surface area contributed by atoms with E-state index in [9.17, 15) is 9.90 Å². The summed E-state index contributed by atoms with van der Waals surface area (Å²) in [5.74, 6) is 0.0559. The molecule has 0 saturated heterocycles. The number of hydrogen-bond acceptors (Lipinski definition) is 2. The largest absolute Gasteiger partial charge is 0.508 e. The van der Waals surface area contributed by atoms with Crippen molar-refractivity contribution in [1.29, 1.82) is 0 Å². The number of nitrogens with zero attached hydrogens (tertiary/aromatic N) is 1. The van der Waals surface area contributed by atoms with Crippen molar-refractivity contribution in [3.8, 4) is 5.75 Å². The Labute approximate surface area is 104 Å². The standard InChI is InChI=1S/C12H14BrNO2/c1-3-12(16)14(4-2)8-9-7-10(13)5-6-11(9)15/h3,5-7,15H,1,4,8H2,2H3. The minimum absolute atomic E-state index is 0.137. The van der Waals surface area contributed by atoms with Crippen molar-refractivity contribution in [3.05, 3.63) is 40.9 Å². The summed E-state index contributed by atoms with van der Waals surface area (Å²) >= 11 is 3.33. The summed E-state index contributed by atoms with van der Waals surface area (Å²) in [6.45, 7) is 6.30. The van der Waals surface area contributed by atoms with E-state index in [-0.39, 0.29) is 11.7 Å². The van der Waals surface area contributed by atoms with Gasteiger partial charge in [0.1, 0.15) is 5.75 Å². The van der Waals surface area contributed by atoms with Gasteiger partial charge in [-0.25, -0.2) is 0 Å². The van der Waals surface area contributed by atoms with E-state index < -0.39 is 0 Å². The van der Waals surface area contributed by atoms with Gasteiger partial charge in [-0.15, -0.1) is 0 Å². The maximum absolute atomic E-state index is 11.5. The highest BCUT2D eigenvalue weighted by Crippen LogP contribution is 2.23. The Hall–Kier alpha value is -1.29. The van der Waals surface area contributed by atoms with Crippen LogP contribution >= 0.6 is 15.9 Å². The minimum Gasteiger partial charge on any atom is -0.508 e. The van der Waals surface area contributed by atoms with E-state index in [0.29, 0.717) is 18.7 Å². The van der Waals surface area contributed by atoms with Crippen molar-refractivity contribution < 1.29 is 9.90 Å². The third-order valence-electron chi connectivity index (χ3n) is 2.27. The monoisotopic (exact) mass is 283 g/mol. The fraction of sp³-hybridized carbons (Fsp3) is 0.250. The number of benzene rings is 1. The second-order valence-corrected chi connectivity index (χ2v) is 4.25. The summed E-state index contributed by atoms with van der Waals surface area (Å²) in [4.78, 5) is 13.1. The van der Waals surface area contributed by atoms with Crippen LogP contribution in [0.15, 0.2) is 35.3 Å². The van der Waals surface area contributed by atoms with Crippen molar-refractivity contribution in [2.75, 3.05) is 6.54 Å². The molecule has 0 radical (unpaired) electrons. The van der Waals surface area contributed by atoms with E-state index in [0.717, 1.165) is 4.47 Å². The Balaban J connectivity index is 2.89. The number of halogens is 1. The number of carbonyl (C=O) groups excluding carboxylic acids is 1. The lowest BCUT2D eigenvalue weighted by Gasteiger charge is -2.19. The maximum Gasteiger partial charge on any atom is 0.246 e. The van der Waals surface area contributed by atoms with Gasteiger partial charge < -0.3 is 10.0 Å². The Morgan fingerprint density at radius 3 is 2.88 bits per heavy atom. The SMILES string of the molecule is C=CC(=O)N(CC)Cc1cc(Br)ccc1O. The van der Waals surface area contributed by atoms with Crippen LogP contribution < -0.4 is 0 Å². The average Bonchev–Trinajstić information content (AvgIpc) is 2.29. The molecule has 1 rings (SSSR count). The topological polar surface area (TPSA) is 40.5 Å². The van der Waals surface area contributed by atoms with E-state index >= 15 is 0 Å². The molecule has 16 heavy (non-hydrogen) atoms. The van der Waals surface area contributed by atoms with E-state index in [1.54, 1.807) is 23.1 Å². The summed E-state index contributed by atoms with van der Waals surface area (Å²) in [6, 6.07) is 5.16. The van der Waals surface area contributed by atoms with Crippen LogP contribution in [0, 0.1) is 0 Å².